The lowest BCUT2D eigenvalue weighted by atomic mass is 10.1. The molecule has 4 heterocycles. The molecule has 5 aromatic rings. The molecule has 0 aliphatic rings. The SMILES string of the molecule is CCOC(=O)CC(c1ccc(OC)nc1)n1cc2ccc(CCc3ccc4cccnc4n3)cc2n1. The molecule has 182 valence electrons. The summed E-state index contributed by atoms with van der Waals surface area (Å²) in [6.07, 6.45) is 7.24. The molecule has 0 aliphatic carbocycles. The van der Waals surface area contributed by atoms with Crippen molar-refractivity contribution in [2.45, 2.75) is 32.2 Å². The molecule has 8 heteroatoms. The molecule has 5 rings (SSSR count). The van der Waals surface area contributed by atoms with E-state index in [0.29, 0.717) is 12.5 Å². The van der Waals surface area contributed by atoms with Crippen molar-refractivity contribution >= 4 is 27.9 Å². The number of carbonyl (C=O) groups excluding carboxylic acids is 1. The van der Waals surface area contributed by atoms with Crippen LogP contribution in [0.25, 0.3) is 21.9 Å². The van der Waals surface area contributed by atoms with Crippen LogP contribution in [-0.4, -0.2) is 44.4 Å². The standard InChI is InChI=1S/C28H27N5O3/c1-3-36-27(34)16-25(21-10-13-26(35-2)30-17-21)33-18-22-8-6-19(15-24(22)32-33)7-11-23-12-9-20-5-4-14-29-28(20)31-23/h4-6,8-10,12-15,17-18,25H,3,7,11,16H2,1-2H3. The topological polar surface area (TPSA) is 92.0 Å². The van der Waals surface area contributed by atoms with Crippen molar-refractivity contribution in [1.29, 1.82) is 0 Å². The molecule has 4 aromatic heterocycles. The number of aromatic nitrogens is 5. The molecule has 0 saturated carbocycles. The van der Waals surface area contributed by atoms with Gasteiger partial charge in [0.25, 0.3) is 0 Å². The van der Waals surface area contributed by atoms with Crippen LogP contribution in [0, 0.1) is 0 Å². The predicted molar refractivity (Wildman–Crippen MR) is 137 cm³/mol. The first-order chi connectivity index (χ1) is 17.6. The van der Waals surface area contributed by atoms with Gasteiger partial charge in [-0.05, 0) is 67.3 Å². The van der Waals surface area contributed by atoms with Crippen LogP contribution in [0.2, 0.25) is 0 Å². The van der Waals surface area contributed by atoms with E-state index in [2.05, 4.69) is 45.3 Å². The minimum Gasteiger partial charge on any atom is -0.481 e. The number of benzene rings is 1. The van der Waals surface area contributed by atoms with Gasteiger partial charge >= 0.3 is 5.97 Å². The summed E-state index contributed by atoms with van der Waals surface area (Å²) < 4.78 is 12.2. The third-order valence-corrected chi connectivity index (χ3v) is 6.12. The van der Waals surface area contributed by atoms with Crippen LogP contribution >= 0.6 is 0 Å². The Labute approximate surface area is 208 Å². The van der Waals surface area contributed by atoms with Gasteiger partial charge in [-0.15, -0.1) is 0 Å². The van der Waals surface area contributed by atoms with E-state index >= 15 is 0 Å². The second-order valence-corrected chi connectivity index (χ2v) is 8.51. The third kappa shape index (κ3) is 5.17. The smallest absolute Gasteiger partial charge is 0.308 e. The highest BCUT2D eigenvalue weighted by molar-refractivity contribution is 5.79. The maximum atomic E-state index is 12.4. The monoisotopic (exact) mass is 481 g/mol. The van der Waals surface area contributed by atoms with Gasteiger partial charge in [0, 0.05) is 41.1 Å². The molecule has 1 atom stereocenters. The largest absolute Gasteiger partial charge is 0.481 e. The Morgan fingerprint density at radius 2 is 1.92 bits per heavy atom. The number of pyridine rings is 3. The van der Waals surface area contributed by atoms with Gasteiger partial charge in [0.1, 0.15) is 0 Å². The Bertz CT molecular complexity index is 1500. The zero-order valence-electron chi connectivity index (χ0n) is 20.3. The molecule has 0 fully saturated rings. The fourth-order valence-electron chi connectivity index (χ4n) is 4.25. The quantitative estimate of drug-likeness (QED) is 0.282. The summed E-state index contributed by atoms with van der Waals surface area (Å²) in [6, 6.07) is 17.7. The first kappa shape index (κ1) is 23.4. The zero-order valence-corrected chi connectivity index (χ0v) is 20.3. The molecule has 0 bridgehead atoms. The Kier molecular flexibility index (Phi) is 6.84. The fourth-order valence-corrected chi connectivity index (χ4v) is 4.25. The molecule has 0 amide bonds. The second kappa shape index (κ2) is 10.5. The molecule has 0 saturated heterocycles. The Morgan fingerprint density at radius 3 is 2.72 bits per heavy atom. The van der Waals surface area contributed by atoms with Crippen LogP contribution in [0.5, 0.6) is 5.88 Å². The van der Waals surface area contributed by atoms with Crippen molar-refractivity contribution in [2.75, 3.05) is 13.7 Å². The van der Waals surface area contributed by atoms with E-state index in [1.165, 1.54) is 5.56 Å². The van der Waals surface area contributed by atoms with E-state index in [4.69, 9.17) is 14.6 Å². The number of esters is 1. The summed E-state index contributed by atoms with van der Waals surface area (Å²) >= 11 is 0. The normalized spacial score (nSPS) is 12.1. The van der Waals surface area contributed by atoms with Gasteiger partial charge in [0.15, 0.2) is 5.65 Å². The van der Waals surface area contributed by atoms with Gasteiger partial charge in [-0.3, -0.25) is 9.48 Å². The third-order valence-electron chi connectivity index (χ3n) is 6.12. The summed E-state index contributed by atoms with van der Waals surface area (Å²) in [4.78, 5) is 25.7. The molecule has 0 N–H and O–H groups in total. The van der Waals surface area contributed by atoms with E-state index in [9.17, 15) is 4.79 Å². The molecule has 0 aliphatic heterocycles. The summed E-state index contributed by atoms with van der Waals surface area (Å²) in [5.74, 6) is 0.233. The van der Waals surface area contributed by atoms with Crippen LogP contribution in [0.15, 0.2) is 73.2 Å². The van der Waals surface area contributed by atoms with Crippen molar-refractivity contribution in [1.82, 2.24) is 24.7 Å². The Balaban J connectivity index is 1.38. The van der Waals surface area contributed by atoms with E-state index in [0.717, 1.165) is 46.0 Å². The first-order valence-corrected chi connectivity index (χ1v) is 12.0. The van der Waals surface area contributed by atoms with E-state index in [1.807, 2.05) is 29.1 Å². The van der Waals surface area contributed by atoms with E-state index in [-0.39, 0.29) is 18.4 Å². The van der Waals surface area contributed by atoms with Gasteiger partial charge in [-0.2, -0.15) is 5.10 Å². The van der Waals surface area contributed by atoms with Crippen molar-refractivity contribution in [3.05, 3.63) is 90.0 Å². The van der Waals surface area contributed by atoms with Gasteiger partial charge in [-0.1, -0.05) is 12.1 Å². The number of aryl methyl sites for hydroxylation is 2. The van der Waals surface area contributed by atoms with Crippen LogP contribution in [0.4, 0.5) is 0 Å². The highest BCUT2D eigenvalue weighted by Crippen LogP contribution is 2.26. The van der Waals surface area contributed by atoms with Crippen molar-refractivity contribution in [3.63, 3.8) is 0 Å². The summed E-state index contributed by atoms with van der Waals surface area (Å²) in [5, 5.41) is 6.87. The number of ether oxygens (including phenoxy) is 2. The summed E-state index contributed by atoms with van der Waals surface area (Å²) in [5.41, 5.74) is 4.67. The Hall–Kier alpha value is -4.33. The minimum atomic E-state index is -0.340. The predicted octanol–water partition coefficient (Wildman–Crippen LogP) is 4.71. The Morgan fingerprint density at radius 1 is 1.03 bits per heavy atom. The molecule has 0 radical (unpaired) electrons. The van der Waals surface area contributed by atoms with Crippen molar-refractivity contribution < 1.29 is 14.3 Å². The average Bonchev–Trinajstić information content (AvgIpc) is 3.34. The molecule has 1 unspecified atom stereocenters. The summed E-state index contributed by atoms with van der Waals surface area (Å²) in [6.45, 7) is 2.13. The summed E-state index contributed by atoms with van der Waals surface area (Å²) in [7, 11) is 1.57. The van der Waals surface area contributed by atoms with Crippen molar-refractivity contribution in [2.24, 2.45) is 0 Å². The fraction of sp³-hybridized carbons (Fsp3) is 0.250. The van der Waals surface area contributed by atoms with Gasteiger partial charge in [-0.25, -0.2) is 15.0 Å². The number of rotatable bonds is 9. The number of hydrogen-bond donors (Lipinski definition) is 0. The lowest BCUT2D eigenvalue weighted by Gasteiger charge is -2.17. The number of nitrogens with zero attached hydrogens (tertiary/aromatic N) is 5. The van der Waals surface area contributed by atoms with Gasteiger partial charge in [0.2, 0.25) is 5.88 Å². The average molecular weight is 482 g/mol. The number of hydrogen-bond acceptors (Lipinski definition) is 7. The van der Waals surface area contributed by atoms with Crippen LogP contribution < -0.4 is 4.74 Å². The maximum absolute atomic E-state index is 12.4. The number of methoxy groups -OCH3 is 1. The minimum absolute atomic E-state index is 0.157. The van der Waals surface area contributed by atoms with E-state index < -0.39 is 0 Å². The number of fused-ring (bicyclic) bond motifs is 2. The zero-order chi connectivity index (χ0) is 24.9. The first-order valence-electron chi connectivity index (χ1n) is 12.0. The molecular weight excluding hydrogens is 454 g/mol. The van der Waals surface area contributed by atoms with Crippen molar-refractivity contribution in [3.8, 4) is 5.88 Å². The molecule has 36 heavy (non-hydrogen) atoms. The molecule has 0 spiro atoms. The maximum Gasteiger partial charge on any atom is 0.308 e. The number of carbonyl (C=O) groups is 1. The molecular formula is C28H27N5O3. The lowest BCUT2D eigenvalue weighted by molar-refractivity contribution is -0.143. The van der Waals surface area contributed by atoms with E-state index in [1.54, 1.807) is 32.5 Å². The molecule has 8 nitrogen and oxygen atoms in total. The highest BCUT2D eigenvalue weighted by atomic mass is 16.5. The highest BCUT2D eigenvalue weighted by Gasteiger charge is 2.21. The van der Waals surface area contributed by atoms with Crippen LogP contribution in [0.3, 0.4) is 0 Å². The van der Waals surface area contributed by atoms with Gasteiger partial charge < -0.3 is 9.47 Å². The lowest BCUT2D eigenvalue weighted by Crippen LogP contribution is -2.18. The second-order valence-electron chi connectivity index (χ2n) is 8.51. The van der Waals surface area contributed by atoms with Gasteiger partial charge in [0.05, 0.1) is 31.7 Å². The molecule has 1 aromatic carbocycles. The van der Waals surface area contributed by atoms with Crippen LogP contribution in [0.1, 0.15) is 36.2 Å². The van der Waals surface area contributed by atoms with Crippen LogP contribution in [-0.2, 0) is 22.4 Å².